The van der Waals surface area contributed by atoms with Gasteiger partial charge in [0, 0.05) is 38.1 Å². The predicted molar refractivity (Wildman–Crippen MR) is 173 cm³/mol. The summed E-state index contributed by atoms with van der Waals surface area (Å²) in [6.45, 7) is 4.62. The van der Waals surface area contributed by atoms with Crippen molar-refractivity contribution < 1.29 is 4.42 Å². The molecule has 42 heavy (non-hydrogen) atoms. The van der Waals surface area contributed by atoms with Crippen LogP contribution in [0.5, 0.6) is 0 Å². The van der Waals surface area contributed by atoms with Gasteiger partial charge >= 0.3 is 0 Å². The Morgan fingerprint density at radius 3 is 2.21 bits per heavy atom. The summed E-state index contributed by atoms with van der Waals surface area (Å²) in [6.07, 6.45) is 0. The first kappa shape index (κ1) is 23.4. The standard InChI is InChI=1S/C39H26N2O/c1-39(2)32-12-6-3-9-26(32)27-19-18-25(22-33(27)39)38-40-34-13-7-4-11-30(34)36(41-38)24-16-15-23-17-20-29-28-10-5-8-14-35(28)42-37(29)31(23)21-24/h3-22H,1-2H3. The van der Waals surface area contributed by atoms with Crippen molar-refractivity contribution >= 4 is 43.6 Å². The molecule has 0 spiro atoms. The molecule has 2 aromatic heterocycles. The molecule has 6 aromatic carbocycles. The first-order chi connectivity index (χ1) is 20.6. The monoisotopic (exact) mass is 538 g/mol. The number of aromatic nitrogens is 2. The molecule has 0 unspecified atom stereocenters. The summed E-state index contributed by atoms with van der Waals surface area (Å²) in [4.78, 5) is 10.3. The Hall–Kier alpha value is -5.28. The number of nitrogens with zero attached hydrogens (tertiary/aromatic N) is 2. The molecule has 0 N–H and O–H groups in total. The number of benzene rings is 6. The van der Waals surface area contributed by atoms with Gasteiger partial charge in [0.05, 0.1) is 11.2 Å². The molecule has 0 fully saturated rings. The Kier molecular flexibility index (Phi) is 4.67. The van der Waals surface area contributed by atoms with Crippen LogP contribution >= 0.6 is 0 Å². The molecule has 198 valence electrons. The van der Waals surface area contributed by atoms with Crippen molar-refractivity contribution in [2.24, 2.45) is 0 Å². The average Bonchev–Trinajstić information content (AvgIpc) is 3.53. The highest BCUT2D eigenvalue weighted by molar-refractivity contribution is 6.15. The molecule has 0 radical (unpaired) electrons. The molecule has 0 saturated carbocycles. The highest BCUT2D eigenvalue weighted by Gasteiger charge is 2.35. The van der Waals surface area contributed by atoms with Crippen LogP contribution in [0.25, 0.3) is 77.4 Å². The molecule has 0 aliphatic heterocycles. The lowest BCUT2D eigenvalue weighted by atomic mass is 9.82. The second-order valence-corrected chi connectivity index (χ2v) is 11.8. The minimum absolute atomic E-state index is 0.0854. The molecule has 8 aromatic rings. The van der Waals surface area contributed by atoms with E-state index in [4.69, 9.17) is 14.4 Å². The largest absolute Gasteiger partial charge is 0.455 e. The molecule has 2 heterocycles. The van der Waals surface area contributed by atoms with Crippen molar-refractivity contribution in [2.75, 3.05) is 0 Å². The van der Waals surface area contributed by atoms with Crippen molar-refractivity contribution in [2.45, 2.75) is 19.3 Å². The molecule has 3 heteroatoms. The van der Waals surface area contributed by atoms with E-state index in [1.807, 2.05) is 18.2 Å². The zero-order valence-corrected chi connectivity index (χ0v) is 23.3. The second kappa shape index (κ2) is 8.37. The molecule has 0 amide bonds. The maximum absolute atomic E-state index is 6.39. The number of rotatable bonds is 2. The fourth-order valence-electron chi connectivity index (χ4n) is 6.92. The van der Waals surface area contributed by atoms with Crippen LogP contribution in [-0.4, -0.2) is 9.97 Å². The van der Waals surface area contributed by atoms with Crippen LogP contribution in [-0.2, 0) is 5.41 Å². The van der Waals surface area contributed by atoms with Crippen LogP contribution in [0, 0.1) is 0 Å². The minimum Gasteiger partial charge on any atom is -0.455 e. The van der Waals surface area contributed by atoms with Gasteiger partial charge < -0.3 is 4.42 Å². The van der Waals surface area contributed by atoms with E-state index in [0.717, 1.165) is 66.3 Å². The zero-order chi connectivity index (χ0) is 28.0. The molecule has 1 aliphatic rings. The first-order valence-electron chi connectivity index (χ1n) is 14.4. The number of para-hydroxylation sites is 2. The van der Waals surface area contributed by atoms with Gasteiger partial charge in [0.1, 0.15) is 11.2 Å². The Balaban J connectivity index is 1.26. The van der Waals surface area contributed by atoms with E-state index in [1.54, 1.807) is 0 Å². The van der Waals surface area contributed by atoms with Crippen molar-refractivity contribution in [3.8, 4) is 33.8 Å². The average molecular weight is 539 g/mol. The molecule has 0 atom stereocenters. The van der Waals surface area contributed by atoms with Crippen LogP contribution in [0.15, 0.2) is 126 Å². The highest BCUT2D eigenvalue weighted by Crippen LogP contribution is 2.49. The van der Waals surface area contributed by atoms with Gasteiger partial charge in [0.25, 0.3) is 0 Å². The summed E-state index contributed by atoms with van der Waals surface area (Å²) in [7, 11) is 0. The highest BCUT2D eigenvalue weighted by atomic mass is 16.3. The number of hydrogen-bond acceptors (Lipinski definition) is 3. The summed E-state index contributed by atoms with van der Waals surface area (Å²) < 4.78 is 6.39. The third-order valence-corrected chi connectivity index (χ3v) is 9.08. The smallest absolute Gasteiger partial charge is 0.160 e. The second-order valence-electron chi connectivity index (χ2n) is 11.8. The maximum atomic E-state index is 6.39. The van der Waals surface area contributed by atoms with Crippen LogP contribution in [0.2, 0.25) is 0 Å². The minimum atomic E-state index is -0.0854. The van der Waals surface area contributed by atoms with Gasteiger partial charge in [-0.2, -0.15) is 0 Å². The fraction of sp³-hybridized carbons (Fsp3) is 0.0769. The van der Waals surface area contributed by atoms with E-state index in [2.05, 4.69) is 117 Å². The van der Waals surface area contributed by atoms with E-state index in [0.29, 0.717) is 0 Å². The Morgan fingerprint density at radius 2 is 1.29 bits per heavy atom. The van der Waals surface area contributed by atoms with Crippen LogP contribution in [0.4, 0.5) is 0 Å². The number of fused-ring (bicyclic) bond motifs is 9. The van der Waals surface area contributed by atoms with Gasteiger partial charge in [-0.05, 0) is 58.0 Å². The molecular weight excluding hydrogens is 512 g/mol. The summed E-state index contributed by atoms with van der Waals surface area (Å²) in [6, 6.07) is 42.9. The molecule has 0 saturated heterocycles. The van der Waals surface area contributed by atoms with Crippen LogP contribution < -0.4 is 0 Å². The fourth-order valence-corrected chi connectivity index (χ4v) is 6.92. The van der Waals surface area contributed by atoms with Crippen molar-refractivity contribution in [1.82, 2.24) is 9.97 Å². The molecule has 1 aliphatic carbocycles. The normalized spacial score (nSPS) is 13.7. The zero-order valence-electron chi connectivity index (χ0n) is 23.3. The third kappa shape index (κ3) is 3.22. The lowest BCUT2D eigenvalue weighted by molar-refractivity contribution is 0.660. The maximum Gasteiger partial charge on any atom is 0.160 e. The van der Waals surface area contributed by atoms with Gasteiger partial charge in [0.15, 0.2) is 5.82 Å². The van der Waals surface area contributed by atoms with E-state index in [1.165, 1.54) is 22.3 Å². The lowest BCUT2D eigenvalue weighted by Crippen LogP contribution is -2.15. The molecule has 0 bridgehead atoms. The Bertz CT molecular complexity index is 2400. The summed E-state index contributed by atoms with van der Waals surface area (Å²) in [5, 5.41) is 5.53. The van der Waals surface area contributed by atoms with E-state index < -0.39 is 0 Å². The van der Waals surface area contributed by atoms with Gasteiger partial charge in [-0.3, -0.25) is 0 Å². The molecule has 9 rings (SSSR count). The summed E-state index contributed by atoms with van der Waals surface area (Å²) >= 11 is 0. The summed E-state index contributed by atoms with van der Waals surface area (Å²) in [5.74, 6) is 0.736. The number of hydrogen-bond donors (Lipinski definition) is 0. The molecule has 3 nitrogen and oxygen atoms in total. The quantitative estimate of drug-likeness (QED) is 0.220. The van der Waals surface area contributed by atoms with Crippen molar-refractivity contribution in [3.05, 3.63) is 132 Å². The van der Waals surface area contributed by atoms with Crippen molar-refractivity contribution in [1.29, 1.82) is 0 Å². The summed E-state index contributed by atoms with van der Waals surface area (Å²) in [5.41, 5.74) is 11.0. The van der Waals surface area contributed by atoms with Gasteiger partial charge in [-0.1, -0.05) is 105 Å². The van der Waals surface area contributed by atoms with Crippen LogP contribution in [0.1, 0.15) is 25.0 Å². The number of furan rings is 1. The molecular formula is C39H26N2O. The SMILES string of the molecule is CC1(C)c2ccccc2-c2ccc(-c3nc(-c4ccc5ccc6c7ccccc7oc6c5c4)c4ccccc4n3)cc21. The Labute approximate surface area is 243 Å². The first-order valence-corrected chi connectivity index (χ1v) is 14.4. The van der Waals surface area contributed by atoms with E-state index >= 15 is 0 Å². The topological polar surface area (TPSA) is 38.9 Å². The van der Waals surface area contributed by atoms with Gasteiger partial charge in [-0.25, -0.2) is 9.97 Å². The van der Waals surface area contributed by atoms with E-state index in [9.17, 15) is 0 Å². The predicted octanol–water partition coefficient (Wildman–Crippen LogP) is 10.3. The third-order valence-electron chi connectivity index (χ3n) is 9.08. The van der Waals surface area contributed by atoms with Gasteiger partial charge in [-0.15, -0.1) is 0 Å². The Morgan fingerprint density at radius 1 is 0.548 bits per heavy atom. The van der Waals surface area contributed by atoms with Crippen molar-refractivity contribution in [3.63, 3.8) is 0 Å². The van der Waals surface area contributed by atoms with Crippen LogP contribution in [0.3, 0.4) is 0 Å². The van der Waals surface area contributed by atoms with E-state index in [-0.39, 0.29) is 5.41 Å². The van der Waals surface area contributed by atoms with Gasteiger partial charge in [0.2, 0.25) is 0 Å². The lowest BCUT2D eigenvalue weighted by Gasteiger charge is -2.21.